The second kappa shape index (κ2) is 7.68. The van der Waals surface area contributed by atoms with Crippen molar-refractivity contribution in [1.29, 1.82) is 0 Å². The van der Waals surface area contributed by atoms with E-state index in [1.807, 2.05) is 36.4 Å². The van der Waals surface area contributed by atoms with Crippen molar-refractivity contribution in [3.8, 4) is 11.5 Å². The molecule has 25 heavy (non-hydrogen) atoms. The molecule has 1 amide bonds. The molecule has 0 saturated carbocycles. The highest BCUT2D eigenvalue weighted by atomic mass is 16.5. The van der Waals surface area contributed by atoms with Gasteiger partial charge in [-0.2, -0.15) is 0 Å². The van der Waals surface area contributed by atoms with E-state index in [1.54, 1.807) is 12.1 Å². The lowest BCUT2D eigenvalue weighted by Gasteiger charge is -2.13. The highest BCUT2D eigenvalue weighted by Crippen LogP contribution is 2.27. The first-order valence-electron chi connectivity index (χ1n) is 8.13. The number of hydrogen-bond donors (Lipinski definition) is 3. The number of rotatable bonds is 6. The van der Waals surface area contributed by atoms with Gasteiger partial charge in [0.05, 0.1) is 12.2 Å². The summed E-state index contributed by atoms with van der Waals surface area (Å²) in [5.41, 5.74) is 6.58. The standard InChI is InChI=1S/C20H20N2O3/c21-10-3-11-25-19-13-15-5-2-1-4-14(15)12-18(19)20(24)22-16-6-8-17(23)9-7-16/h1-2,4-9,12-13,23H,3,10-11,21H2,(H,22,24). The molecule has 0 aliphatic carbocycles. The van der Waals surface area contributed by atoms with Gasteiger partial charge in [-0.05, 0) is 60.1 Å². The van der Waals surface area contributed by atoms with Gasteiger partial charge in [0.25, 0.3) is 5.91 Å². The highest BCUT2D eigenvalue weighted by Gasteiger charge is 2.14. The summed E-state index contributed by atoms with van der Waals surface area (Å²) >= 11 is 0. The topological polar surface area (TPSA) is 84.6 Å². The average Bonchev–Trinajstić information content (AvgIpc) is 2.63. The third kappa shape index (κ3) is 4.08. The molecule has 4 N–H and O–H groups in total. The number of carbonyl (C=O) groups excluding carboxylic acids is 1. The molecule has 0 unspecified atom stereocenters. The van der Waals surface area contributed by atoms with E-state index in [4.69, 9.17) is 10.5 Å². The van der Waals surface area contributed by atoms with Gasteiger partial charge in [-0.25, -0.2) is 0 Å². The van der Waals surface area contributed by atoms with Crippen LogP contribution in [0.5, 0.6) is 11.5 Å². The molecule has 0 aliphatic heterocycles. The van der Waals surface area contributed by atoms with E-state index < -0.39 is 0 Å². The molecule has 3 aromatic rings. The molecule has 0 heterocycles. The monoisotopic (exact) mass is 336 g/mol. The summed E-state index contributed by atoms with van der Waals surface area (Å²) in [6, 6.07) is 17.8. The van der Waals surface area contributed by atoms with Crippen LogP contribution in [0.25, 0.3) is 10.8 Å². The zero-order chi connectivity index (χ0) is 17.6. The minimum atomic E-state index is -0.265. The fourth-order valence-electron chi connectivity index (χ4n) is 2.52. The zero-order valence-electron chi connectivity index (χ0n) is 13.7. The van der Waals surface area contributed by atoms with Crippen LogP contribution in [-0.2, 0) is 0 Å². The maximum absolute atomic E-state index is 12.7. The average molecular weight is 336 g/mol. The first kappa shape index (κ1) is 16.8. The first-order chi connectivity index (χ1) is 12.2. The number of hydrogen-bond acceptors (Lipinski definition) is 4. The maximum Gasteiger partial charge on any atom is 0.259 e. The second-order valence-corrected chi connectivity index (χ2v) is 5.69. The van der Waals surface area contributed by atoms with Gasteiger partial charge in [-0.15, -0.1) is 0 Å². The van der Waals surface area contributed by atoms with Crippen LogP contribution in [0.1, 0.15) is 16.8 Å². The molecule has 0 atom stereocenters. The number of carbonyl (C=O) groups is 1. The van der Waals surface area contributed by atoms with Crippen molar-refractivity contribution in [2.75, 3.05) is 18.5 Å². The van der Waals surface area contributed by atoms with Gasteiger partial charge in [0.15, 0.2) is 0 Å². The molecule has 3 rings (SSSR count). The fourth-order valence-corrected chi connectivity index (χ4v) is 2.52. The lowest BCUT2D eigenvalue weighted by Crippen LogP contribution is -2.14. The Morgan fingerprint density at radius 2 is 1.72 bits per heavy atom. The van der Waals surface area contributed by atoms with E-state index in [9.17, 15) is 9.90 Å². The Hall–Kier alpha value is -3.05. The third-order valence-corrected chi connectivity index (χ3v) is 3.82. The third-order valence-electron chi connectivity index (χ3n) is 3.82. The molecule has 128 valence electrons. The number of phenols is 1. The predicted octanol–water partition coefficient (Wildman–Crippen LogP) is 3.53. The molecular formula is C20H20N2O3. The van der Waals surface area contributed by atoms with Gasteiger partial charge in [0.2, 0.25) is 0 Å². The molecule has 0 bridgehead atoms. The summed E-state index contributed by atoms with van der Waals surface area (Å²) in [7, 11) is 0. The Labute approximate surface area is 146 Å². The normalized spacial score (nSPS) is 10.6. The minimum absolute atomic E-state index is 0.148. The van der Waals surface area contributed by atoms with Gasteiger partial charge in [0, 0.05) is 5.69 Å². The van der Waals surface area contributed by atoms with Crippen molar-refractivity contribution >= 4 is 22.4 Å². The van der Waals surface area contributed by atoms with Crippen LogP contribution >= 0.6 is 0 Å². The molecule has 0 radical (unpaired) electrons. The summed E-state index contributed by atoms with van der Waals surface area (Å²) in [6.45, 7) is 0.983. The molecule has 0 fully saturated rings. The van der Waals surface area contributed by atoms with Crippen molar-refractivity contribution < 1.29 is 14.6 Å². The van der Waals surface area contributed by atoms with Crippen molar-refractivity contribution in [3.05, 3.63) is 66.2 Å². The van der Waals surface area contributed by atoms with E-state index in [0.29, 0.717) is 36.6 Å². The van der Waals surface area contributed by atoms with Crippen molar-refractivity contribution in [1.82, 2.24) is 0 Å². The van der Waals surface area contributed by atoms with Gasteiger partial charge < -0.3 is 20.9 Å². The van der Waals surface area contributed by atoms with Crippen LogP contribution in [0.3, 0.4) is 0 Å². The summed E-state index contributed by atoms with van der Waals surface area (Å²) in [5.74, 6) is 0.414. The smallest absolute Gasteiger partial charge is 0.259 e. The Kier molecular flexibility index (Phi) is 5.16. The summed E-state index contributed by atoms with van der Waals surface area (Å²) in [6.07, 6.45) is 0.714. The number of nitrogens with two attached hydrogens (primary N) is 1. The Balaban J connectivity index is 1.92. The quantitative estimate of drug-likeness (QED) is 0.475. The predicted molar refractivity (Wildman–Crippen MR) is 99.2 cm³/mol. The van der Waals surface area contributed by atoms with Crippen LogP contribution in [-0.4, -0.2) is 24.2 Å². The number of anilines is 1. The molecule has 0 aromatic heterocycles. The molecule has 5 nitrogen and oxygen atoms in total. The number of phenolic OH excluding ortho intramolecular Hbond substituents is 1. The summed E-state index contributed by atoms with van der Waals surface area (Å²) in [4.78, 5) is 12.7. The summed E-state index contributed by atoms with van der Waals surface area (Å²) in [5, 5.41) is 14.1. The van der Waals surface area contributed by atoms with Crippen molar-refractivity contribution in [3.63, 3.8) is 0 Å². The molecule has 0 aliphatic rings. The van der Waals surface area contributed by atoms with Crippen molar-refractivity contribution in [2.45, 2.75) is 6.42 Å². The SMILES string of the molecule is NCCCOc1cc2ccccc2cc1C(=O)Nc1ccc(O)cc1. The minimum Gasteiger partial charge on any atom is -0.508 e. The van der Waals surface area contributed by atoms with Gasteiger partial charge in [0.1, 0.15) is 11.5 Å². The molecule has 0 spiro atoms. The zero-order valence-corrected chi connectivity index (χ0v) is 13.7. The van der Waals surface area contributed by atoms with E-state index in [2.05, 4.69) is 5.32 Å². The Morgan fingerprint density at radius 1 is 1.04 bits per heavy atom. The number of aromatic hydroxyl groups is 1. The first-order valence-corrected chi connectivity index (χ1v) is 8.13. The second-order valence-electron chi connectivity index (χ2n) is 5.69. The molecule has 0 saturated heterocycles. The highest BCUT2D eigenvalue weighted by molar-refractivity contribution is 6.08. The van der Waals surface area contributed by atoms with Gasteiger partial charge in [-0.3, -0.25) is 4.79 Å². The molecule has 5 heteroatoms. The number of benzene rings is 3. The van der Waals surface area contributed by atoms with Crippen LogP contribution in [0, 0.1) is 0 Å². The van der Waals surface area contributed by atoms with Gasteiger partial charge >= 0.3 is 0 Å². The number of amides is 1. The fraction of sp³-hybridized carbons (Fsp3) is 0.150. The van der Waals surface area contributed by atoms with E-state index in [-0.39, 0.29) is 11.7 Å². The number of nitrogens with one attached hydrogen (secondary N) is 1. The van der Waals surface area contributed by atoms with Crippen LogP contribution in [0.2, 0.25) is 0 Å². The lowest BCUT2D eigenvalue weighted by molar-refractivity contribution is 0.102. The number of ether oxygens (including phenoxy) is 1. The van der Waals surface area contributed by atoms with E-state index >= 15 is 0 Å². The lowest BCUT2D eigenvalue weighted by atomic mass is 10.1. The Bertz CT molecular complexity index is 876. The molecular weight excluding hydrogens is 316 g/mol. The van der Waals surface area contributed by atoms with Crippen LogP contribution < -0.4 is 15.8 Å². The Morgan fingerprint density at radius 3 is 2.40 bits per heavy atom. The van der Waals surface area contributed by atoms with E-state index in [0.717, 1.165) is 10.8 Å². The van der Waals surface area contributed by atoms with Crippen LogP contribution in [0.4, 0.5) is 5.69 Å². The summed E-state index contributed by atoms with van der Waals surface area (Å²) < 4.78 is 5.78. The van der Waals surface area contributed by atoms with E-state index in [1.165, 1.54) is 12.1 Å². The number of fused-ring (bicyclic) bond motifs is 1. The maximum atomic E-state index is 12.7. The van der Waals surface area contributed by atoms with Crippen molar-refractivity contribution in [2.24, 2.45) is 5.73 Å². The van der Waals surface area contributed by atoms with Crippen LogP contribution in [0.15, 0.2) is 60.7 Å². The van der Waals surface area contributed by atoms with Gasteiger partial charge in [-0.1, -0.05) is 24.3 Å². The largest absolute Gasteiger partial charge is 0.508 e. The molecule has 3 aromatic carbocycles.